The number of halogens is 1. The molecule has 0 saturated heterocycles. The van der Waals surface area contributed by atoms with Gasteiger partial charge in [0, 0.05) is 10.7 Å². The van der Waals surface area contributed by atoms with Crippen molar-refractivity contribution >= 4 is 29.4 Å². The molecule has 1 amide bonds. The summed E-state index contributed by atoms with van der Waals surface area (Å²) in [5.41, 5.74) is 6.36. The predicted molar refractivity (Wildman–Crippen MR) is 91.6 cm³/mol. The molecular weight excluding hydrogens is 298 g/mol. The number of benzene rings is 2. The first kappa shape index (κ1) is 16.0. The van der Waals surface area contributed by atoms with Gasteiger partial charge in [-0.1, -0.05) is 47.5 Å². The van der Waals surface area contributed by atoms with E-state index in [1.807, 2.05) is 56.3 Å². The Labute approximate surface area is 135 Å². The summed E-state index contributed by atoms with van der Waals surface area (Å²) in [6, 6.07) is 13.4. The van der Waals surface area contributed by atoms with Gasteiger partial charge in [0.1, 0.15) is 0 Å². The van der Waals surface area contributed by atoms with Crippen molar-refractivity contribution in [3.8, 4) is 0 Å². The fraction of sp³-hybridized carbons (Fsp3) is 0.176. The van der Waals surface area contributed by atoms with E-state index in [-0.39, 0.29) is 12.5 Å². The van der Waals surface area contributed by atoms with Crippen molar-refractivity contribution in [1.29, 1.82) is 0 Å². The summed E-state index contributed by atoms with van der Waals surface area (Å²) in [6.07, 6.45) is 1.61. The fourth-order valence-corrected chi connectivity index (χ4v) is 2.02. The van der Waals surface area contributed by atoms with Crippen molar-refractivity contribution in [3.05, 3.63) is 64.2 Å². The molecule has 0 saturated carbocycles. The zero-order valence-corrected chi connectivity index (χ0v) is 13.3. The fourth-order valence-electron chi connectivity index (χ4n) is 1.85. The van der Waals surface area contributed by atoms with E-state index in [1.165, 1.54) is 5.56 Å². The van der Waals surface area contributed by atoms with Crippen LogP contribution in [0.15, 0.2) is 47.6 Å². The van der Waals surface area contributed by atoms with Crippen molar-refractivity contribution in [1.82, 2.24) is 5.43 Å². The van der Waals surface area contributed by atoms with Gasteiger partial charge in [-0.25, -0.2) is 5.43 Å². The average Bonchev–Trinajstić information content (AvgIpc) is 2.51. The monoisotopic (exact) mass is 315 g/mol. The van der Waals surface area contributed by atoms with Crippen LogP contribution in [0.4, 0.5) is 5.69 Å². The third-order valence-electron chi connectivity index (χ3n) is 3.19. The lowest BCUT2D eigenvalue weighted by Crippen LogP contribution is -2.26. The lowest BCUT2D eigenvalue weighted by molar-refractivity contribution is -0.119. The van der Waals surface area contributed by atoms with Crippen molar-refractivity contribution in [2.24, 2.45) is 5.10 Å². The molecule has 0 aromatic heterocycles. The molecule has 0 unspecified atom stereocenters. The molecule has 2 aromatic carbocycles. The minimum atomic E-state index is -0.220. The molecule has 4 nitrogen and oxygen atoms in total. The van der Waals surface area contributed by atoms with Gasteiger partial charge >= 0.3 is 0 Å². The molecule has 2 N–H and O–H groups in total. The Hall–Kier alpha value is -2.33. The minimum absolute atomic E-state index is 0.131. The van der Waals surface area contributed by atoms with Gasteiger partial charge in [-0.2, -0.15) is 5.10 Å². The van der Waals surface area contributed by atoms with E-state index in [0.29, 0.717) is 5.02 Å². The Kier molecular flexibility index (Phi) is 5.55. The molecule has 0 aliphatic rings. The smallest absolute Gasteiger partial charge is 0.259 e. The van der Waals surface area contributed by atoms with Gasteiger partial charge in [0.2, 0.25) is 0 Å². The van der Waals surface area contributed by atoms with Gasteiger partial charge in [-0.05, 0) is 37.1 Å². The molecule has 2 rings (SSSR count). The number of hydrogen-bond acceptors (Lipinski definition) is 3. The van der Waals surface area contributed by atoms with Gasteiger partial charge in [-0.3, -0.25) is 4.79 Å². The van der Waals surface area contributed by atoms with Crippen molar-refractivity contribution in [2.75, 3.05) is 11.9 Å². The van der Waals surface area contributed by atoms with Crippen LogP contribution >= 0.6 is 11.6 Å². The summed E-state index contributed by atoms with van der Waals surface area (Å²) >= 11 is 6.03. The Balaban J connectivity index is 1.83. The number of nitrogens with zero attached hydrogens (tertiary/aromatic N) is 1. The number of aryl methyl sites for hydroxylation is 1. The second-order valence-electron chi connectivity index (χ2n) is 4.97. The molecule has 5 heteroatoms. The van der Waals surface area contributed by atoms with E-state index in [0.717, 1.165) is 16.8 Å². The molecule has 0 atom stereocenters. The molecule has 22 heavy (non-hydrogen) atoms. The maximum Gasteiger partial charge on any atom is 0.259 e. The molecular formula is C17H18ClN3O. The Morgan fingerprint density at radius 3 is 2.64 bits per heavy atom. The number of hydrazone groups is 1. The quantitative estimate of drug-likeness (QED) is 0.655. The summed E-state index contributed by atoms with van der Waals surface area (Å²) in [5.74, 6) is -0.220. The van der Waals surface area contributed by atoms with Crippen LogP contribution in [-0.2, 0) is 4.79 Å². The molecule has 0 aliphatic heterocycles. The Morgan fingerprint density at radius 1 is 1.18 bits per heavy atom. The first-order valence-corrected chi connectivity index (χ1v) is 7.31. The first-order chi connectivity index (χ1) is 10.6. The van der Waals surface area contributed by atoms with Crippen molar-refractivity contribution in [2.45, 2.75) is 13.8 Å². The van der Waals surface area contributed by atoms with Gasteiger partial charge < -0.3 is 5.32 Å². The number of nitrogens with one attached hydrogen (secondary N) is 2. The predicted octanol–water partition coefficient (Wildman–Crippen LogP) is 3.52. The second kappa shape index (κ2) is 7.61. The lowest BCUT2D eigenvalue weighted by Gasteiger charge is -2.09. The zero-order chi connectivity index (χ0) is 15.9. The van der Waals surface area contributed by atoms with Crippen LogP contribution in [-0.4, -0.2) is 18.7 Å². The Morgan fingerprint density at radius 2 is 1.91 bits per heavy atom. The van der Waals surface area contributed by atoms with Crippen LogP contribution in [0, 0.1) is 13.8 Å². The topological polar surface area (TPSA) is 53.5 Å². The minimum Gasteiger partial charge on any atom is -0.376 e. The molecule has 0 heterocycles. The molecule has 0 bridgehead atoms. The van der Waals surface area contributed by atoms with Crippen LogP contribution in [0.3, 0.4) is 0 Å². The van der Waals surface area contributed by atoms with Crippen molar-refractivity contribution < 1.29 is 4.79 Å². The Bertz CT molecular complexity index is 681. The molecule has 0 spiro atoms. The summed E-state index contributed by atoms with van der Waals surface area (Å²) in [6.45, 7) is 4.05. The van der Waals surface area contributed by atoms with E-state index in [4.69, 9.17) is 11.6 Å². The van der Waals surface area contributed by atoms with E-state index in [1.54, 1.807) is 6.21 Å². The van der Waals surface area contributed by atoms with E-state index < -0.39 is 0 Å². The maximum absolute atomic E-state index is 11.7. The number of anilines is 1. The molecule has 0 radical (unpaired) electrons. The average molecular weight is 316 g/mol. The van der Waals surface area contributed by atoms with Gasteiger partial charge in [0.15, 0.2) is 0 Å². The van der Waals surface area contributed by atoms with E-state index >= 15 is 0 Å². The number of carbonyl (C=O) groups is 1. The summed E-state index contributed by atoms with van der Waals surface area (Å²) in [5, 5.41) is 7.64. The van der Waals surface area contributed by atoms with Crippen LogP contribution in [0.5, 0.6) is 0 Å². The van der Waals surface area contributed by atoms with Crippen LogP contribution in [0.25, 0.3) is 0 Å². The normalized spacial score (nSPS) is 10.7. The number of hydrogen-bond donors (Lipinski definition) is 2. The molecule has 2 aromatic rings. The third kappa shape index (κ3) is 4.60. The highest BCUT2D eigenvalue weighted by Gasteiger charge is 2.04. The van der Waals surface area contributed by atoms with Crippen molar-refractivity contribution in [3.63, 3.8) is 0 Å². The number of amides is 1. The largest absolute Gasteiger partial charge is 0.376 e. The molecule has 114 valence electrons. The van der Waals surface area contributed by atoms with E-state index in [9.17, 15) is 4.79 Å². The highest BCUT2D eigenvalue weighted by atomic mass is 35.5. The summed E-state index contributed by atoms with van der Waals surface area (Å²) in [7, 11) is 0. The van der Waals surface area contributed by atoms with Crippen LogP contribution in [0.2, 0.25) is 5.02 Å². The zero-order valence-electron chi connectivity index (χ0n) is 12.6. The van der Waals surface area contributed by atoms with Gasteiger partial charge in [0.25, 0.3) is 5.91 Å². The number of rotatable bonds is 5. The maximum atomic E-state index is 11.7. The second-order valence-corrected chi connectivity index (χ2v) is 5.38. The molecule has 0 fully saturated rings. The molecule has 0 aliphatic carbocycles. The van der Waals surface area contributed by atoms with E-state index in [2.05, 4.69) is 15.8 Å². The SMILES string of the molecule is Cc1ccc(C=NNC(=O)CNc2cccc(Cl)c2C)cc1. The standard InChI is InChI=1S/C17H18ClN3O/c1-12-6-8-14(9-7-12)10-20-21-17(22)11-19-16-5-3-4-15(18)13(16)2/h3-10,19H,11H2,1-2H3,(H,21,22). The van der Waals surface area contributed by atoms with Crippen LogP contribution in [0.1, 0.15) is 16.7 Å². The third-order valence-corrected chi connectivity index (χ3v) is 3.60. The summed E-state index contributed by atoms with van der Waals surface area (Å²) in [4.78, 5) is 11.7. The van der Waals surface area contributed by atoms with Gasteiger partial charge in [0.05, 0.1) is 12.8 Å². The summed E-state index contributed by atoms with van der Waals surface area (Å²) < 4.78 is 0. The lowest BCUT2D eigenvalue weighted by atomic mass is 10.2. The van der Waals surface area contributed by atoms with Crippen LogP contribution < -0.4 is 10.7 Å². The van der Waals surface area contributed by atoms with Gasteiger partial charge in [-0.15, -0.1) is 0 Å². The highest BCUT2D eigenvalue weighted by molar-refractivity contribution is 6.31. The highest BCUT2D eigenvalue weighted by Crippen LogP contribution is 2.22. The first-order valence-electron chi connectivity index (χ1n) is 6.94. The number of carbonyl (C=O) groups excluding carboxylic acids is 1.